The van der Waals surface area contributed by atoms with E-state index in [-0.39, 0.29) is 30.0 Å². The van der Waals surface area contributed by atoms with Crippen molar-refractivity contribution in [2.75, 3.05) is 6.54 Å². The van der Waals surface area contributed by atoms with Crippen molar-refractivity contribution < 1.29 is 14.0 Å². The Morgan fingerprint density at radius 1 is 1.20 bits per heavy atom. The van der Waals surface area contributed by atoms with Crippen molar-refractivity contribution in [1.82, 2.24) is 10.2 Å². The molecule has 1 aliphatic rings. The van der Waals surface area contributed by atoms with E-state index < -0.39 is 0 Å². The van der Waals surface area contributed by atoms with E-state index in [1.165, 1.54) is 19.1 Å². The van der Waals surface area contributed by atoms with Gasteiger partial charge in [-0.3, -0.25) is 9.59 Å². The molecule has 1 fully saturated rings. The zero-order valence-corrected chi connectivity index (χ0v) is 14.5. The van der Waals surface area contributed by atoms with Crippen LogP contribution in [0, 0.1) is 5.92 Å². The number of nitrogens with zero attached hydrogens (tertiary/aromatic N) is 1. The lowest BCUT2D eigenvalue weighted by Gasteiger charge is -2.30. The monoisotopic (exact) mass is 340 g/mol. The lowest BCUT2D eigenvalue weighted by atomic mass is 10.1. The van der Waals surface area contributed by atoms with E-state index in [2.05, 4.69) is 12.2 Å². The number of amides is 2. The van der Waals surface area contributed by atoms with E-state index in [0.29, 0.717) is 19.0 Å². The quantitative estimate of drug-likeness (QED) is 0.802. The molecule has 0 radical (unpaired) electrons. The number of nitrogens with one attached hydrogen (secondary N) is 1. The molecule has 0 spiro atoms. The fourth-order valence-electron chi connectivity index (χ4n) is 2.99. The molecule has 1 aliphatic carbocycles. The molecule has 5 nitrogen and oxygen atoms in total. The van der Waals surface area contributed by atoms with Gasteiger partial charge in [0.2, 0.25) is 5.91 Å². The molecule has 1 aromatic carbocycles. The van der Waals surface area contributed by atoms with Gasteiger partial charge in [-0.15, -0.1) is 0 Å². The van der Waals surface area contributed by atoms with E-state index in [4.69, 9.17) is 4.42 Å². The SMILES string of the molecule is CC(C1CC1)N(Cc1ccccc1)C(=O)CCNC(=O)c1ccco1. The van der Waals surface area contributed by atoms with Gasteiger partial charge in [0.25, 0.3) is 5.91 Å². The van der Waals surface area contributed by atoms with Gasteiger partial charge in [0.1, 0.15) is 0 Å². The summed E-state index contributed by atoms with van der Waals surface area (Å²) in [6.45, 7) is 3.05. The smallest absolute Gasteiger partial charge is 0.286 e. The largest absolute Gasteiger partial charge is 0.459 e. The van der Waals surface area contributed by atoms with Crippen molar-refractivity contribution >= 4 is 11.8 Å². The Hall–Kier alpha value is -2.56. The highest BCUT2D eigenvalue weighted by Gasteiger charge is 2.34. The molecule has 5 heteroatoms. The molecule has 1 aromatic heterocycles. The van der Waals surface area contributed by atoms with Gasteiger partial charge in [0, 0.05) is 25.6 Å². The number of benzene rings is 1. The van der Waals surface area contributed by atoms with Crippen LogP contribution in [0.4, 0.5) is 0 Å². The molecule has 0 saturated heterocycles. The fraction of sp³-hybridized carbons (Fsp3) is 0.400. The first-order valence-corrected chi connectivity index (χ1v) is 8.80. The Labute approximate surface area is 148 Å². The maximum absolute atomic E-state index is 12.7. The molecule has 0 aliphatic heterocycles. The third-order valence-electron chi connectivity index (χ3n) is 4.68. The first kappa shape index (κ1) is 17.3. The third-order valence-corrected chi connectivity index (χ3v) is 4.68. The average molecular weight is 340 g/mol. The predicted octanol–water partition coefficient (Wildman–Crippen LogP) is 3.23. The molecule has 1 saturated carbocycles. The van der Waals surface area contributed by atoms with Crippen molar-refractivity contribution in [3.63, 3.8) is 0 Å². The van der Waals surface area contributed by atoms with Crippen LogP contribution in [0.2, 0.25) is 0 Å². The third kappa shape index (κ3) is 4.72. The van der Waals surface area contributed by atoms with Crippen molar-refractivity contribution in [3.05, 3.63) is 60.1 Å². The number of hydrogen-bond acceptors (Lipinski definition) is 3. The summed E-state index contributed by atoms with van der Waals surface area (Å²) in [6.07, 6.45) is 4.12. The van der Waals surface area contributed by atoms with Gasteiger partial charge in [-0.25, -0.2) is 0 Å². The van der Waals surface area contributed by atoms with E-state index in [0.717, 1.165) is 5.56 Å². The van der Waals surface area contributed by atoms with Crippen LogP contribution in [0.15, 0.2) is 53.1 Å². The predicted molar refractivity (Wildman–Crippen MR) is 94.8 cm³/mol. The maximum Gasteiger partial charge on any atom is 0.286 e. The summed E-state index contributed by atoms with van der Waals surface area (Å²) in [5.74, 6) is 0.649. The Bertz CT molecular complexity index is 693. The number of rotatable bonds is 8. The second kappa shape index (κ2) is 8.01. The Balaban J connectivity index is 1.56. The first-order chi connectivity index (χ1) is 12.1. The highest BCUT2D eigenvalue weighted by atomic mass is 16.3. The molecular formula is C20H24N2O3. The van der Waals surface area contributed by atoms with Gasteiger partial charge >= 0.3 is 0 Å². The van der Waals surface area contributed by atoms with Crippen LogP contribution in [0.5, 0.6) is 0 Å². The fourth-order valence-corrected chi connectivity index (χ4v) is 2.99. The van der Waals surface area contributed by atoms with Crippen LogP contribution in [0.3, 0.4) is 0 Å². The van der Waals surface area contributed by atoms with Crippen molar-refractivity contribution in [3.8, 4) is 0 Å². The van der Waals surface area contributed by atoms with E-state index in [1.54, 1.807) is 12.1 Å². The molecule has 3 rings (SSSR count). The maximum atomic E-state index is 12.7. The highest BCUT2D eigenvalue weighted by molar-refractivity contribution is 5.91. The molecule has 132 valence electrons. The van der Waals surface area contributed by atoms with Crippen molar-refractivity contribution in [2.45, 2.75) is 38.8 Å². The summed E-state index contributed by atoms with van der Waals surface area (Å²) in [5.41, 5.74) is 1.13. The van der Waals surface area contributed by atoms with Crippen molar-refractivity contribution in [2.24, 2.45) is 5.92 Å². The van der Waals surface area contributed by atoms with Crippen molar-refractivity contribution in [1.29, 1.82) is 0 Å². The van der Waals surface area contributed by atoms with E-state index in [1.807, 2.05) is 35.2 Å². The Morgan fingerprint density at radius 2 is 1.96 bits per heavy atom. The molecule has 1 N–H and O–H groups in total. The van der Waals surface area contributed by atoms with E-state index in [9.17, 15) is 9.59 Å². The summed E-state index contributed by atoms with van der Waals surface area (Å²) < 4.78 is 5.05. The number of furan rings is 1. The minimum absolute atomic E-state index is 0.0722. The van der Waals surface area contributed by atoms with Gasteiger partial charge in [-0.2, -0.15) is 0 Å². The molecule has 2 aromatic rings. The normalized spacial score (nSPS) is 14.8. The van der Waals surface area contributed by atoms with Crippen LogP contribution < -0.4 is 5.32 Å². The second-order valence-electron chi connectivity index (χ2n) is 6.57. The summed E-state index contributed by atoms with van der Waals surface area (Å²) in [6, 6.07) is 13.5. The topological polar surface area (TPSA) is 62.6 Å². The number of hydrogen-bond donors (Lipinski definition) is 1. The van der Waals surface area contributed by atoms with Crippen LogP contribution >= 0.6 is 0 Å². The first-order valence-electron chi connectivity index (χ1n) is 8.80. The number of carbonyl (C=O) groups is 2. The lowest BCUT2D eigenvalue weighted by Crippen LogP contribution is -2.41. The van der Waals surface area contributed by atoms with Crippen LogP contribution in [-0.4, -0.2) is 29.3 Å². The molecule has 1 heterocycles. The summed E-state index contributed by atoms with van der Waals surface area (Å²) in [4.78, 5) is 26.6. The zero-order chi connectivity index (χ0) is 17.6. The minimum Gasteiger partial charge on any atom is -0.459 e. The average Bonchev–Trinajstić information content (AvgIpc) is 3.33. The number of carbonyl (C=O) groups excluding carboxylic acids is 2. The van der Waals surface area contributed by atoms with Gasteiger partial charge in [0.05, 0.1) is 6.26 Å². The second-order valence-corrected chi connectivity index (χ2v) is 6.57. The molecular weight excluding hydrogens is 316 g/mol. The Kier molecular flexibility index (Phi) is 5.53. The van der Waals surface area contributed by atoms with Gasteiger partial charge in [0.15, 0.2) is 5.76 Å². The summed E-state index contributed by atoms with van der Waals surface area (Å²) >= 11 is 0. The lowest BCUT2D eigenvalue weighted by molar-refractivity contribution is -0.134. The van der Waals surface area contributed by atoms with Crippen LogP contribution in [-0.2, 0) is 11.3 Å². The molecule has 0 bridgehead atoms. The van der Waals surface area contributed by atoms with Gasteiger partial charge in [-0.1, -0.05) is 30.3 Å². The van der Waals surface area contributed by atoms with Crippen LogP contribution in [0.1, 0.15) is 42.3 Å². The molecule has 25 heavy (non-hydrogen) atoms. The van der Waals surface area contributed by atoms with Crippen LogP contribution in [0.25, 0.3) is 0 Å². The van der Waals surface area contributed by atoms with Gasteiger partial charge < -0.3 is 14.6 Å². The summed E-state index contributed by atoms with van der Waals surface area (Å²) in [7, 11) is 0. The standard InChI is InChI=1S/C20H24N2O3/c1-15(17-9-10-17)22(14-16-6-3-2-4-7-16)19(23)11-12-21-20(24)18-8-5-13-25-18/h2-8,13,15,17H,9-12,14H2,1H3,(H,21,24). The highest BCUT2D eigenvalue weighted by Crippen LogP contribution is 2.35. The molecule has 1 atom stereocenters. The summed E-state index contributed by atoms with van der Waals surface area (Å²) in [5, 5.41) is 2.74. The van der Waals surface area contributed by atoms with E-state index >= 15 is 0 Å². The molecule has 1 unspecified atom stereocenters. The molecule has 2 amide bonds. The van der Waals surface area contributed by atoms with Gasteiger partial charge in [-0.05, 0) is 43.4 Å². The zero-order valence-electron chi connectivity index (χ0n) is 14.5. The Morgan fingerprint density at radius 3 is 2.60 bits per heavy atom. The minimum atomic E-state index is -0.289.